The maximum absolute atomic E-state index is 12.9. The fourth-order valence-corrected chi connectivity index (χ4v) is 3.87. The van der Waals surface area contributed by atoms with Gasteiger partial charge >= 0.3 is 0 Å². The number of nitrogens with zero attached hydrogens (tertiary/aromatic N) is 4. The molecule has 1 aromatic heterocycles. The first kappa shape index (κ1) is 18.4. The summed E-state index contributed by atoms with van der Waals surface area (Å²) in [7, 11) is 3.62. The Morgan fingerprint density at radius 1 is 0.929 bits per heavy atom. The van der Waals surface area contributed by atoms with Crippen molar-refractivity contribution in [3.05, 3.63) is 76.7 Å². The van der Waals surface area contributed by atoms with Crippen LogP contribution in [-0.4, -0.2) is 47.6 Å². The molecule has 1 fully saturated rings. The highest BCUT2D eigenvalue weighted by Gasteiger charge is 2.21. The van der Waals surface area contributed by atoms with Crippen molar-refractivity contribution in [1.29, 1.82) is 0 Å². The summed E-state index contributed by atoms with van der Waals surface area (Å²) in [4.78, 5) is 17.6. The number of methoxy groups -OCH3 is 1. The Kier molecular flexibility index (Phi) is 5.21. The van der Waals surface area contributed by atoms with E-state index in [1.807, 2.05) is 66.5 Å². The van der Waals surface area contributed by atoms with E-state index in [0.717, 1.165) is 48.9 Å². The number of aryl methyl sites for hydroxylation is 1. The predicted molar refractivity (Wildman–Crippen MR) is 111 cm³/mol. The zero-order valence-electron chi connectivity index (χ0n) is 16.4. The molecule has 0 atom stereocenters. The van der Waals surface area contributed by atoms with Crippen molar-refractivity contribution in [2.24, 2.45) is 7.05 Å². The second-order valence-electron chi connectivity index (χ2n) is 7.12. The zero-order valence-corrected chi connectivity index (χ0v) is 16.4. The van der Waals surface area contributed by atoms with Gasteiger partial charge in [0.1, 0.15) is 5.75 Å². The van der Waals surface area contributed by atoms with E-state index in [0.29, 0.717) is 6.54 Å². The van der Waals surface area contributed by atoms with Gasteiger partial charge in [-0.1, -0.05) is 30.3 Å². The van der Waals surface area contributed by atoms with E-state index < -0.39 is 0 Å². The van der Waals surface area contributed by atoms with Gasteiger partial charge in [0.15, 0.2) is 0 Å². The van der Waals surface area contributed by atoms with E-state index in [-0.39, 0.29) is 5.56 Å². The molecule has 0 bridgehead atoms. The quantitative estimate of drug-likeness (QED) is 0.684. The summed E-state index contributed by atoms with van der Waals surface area (Å²) in [6.45, 7) is 4.34. The van der Waals surface area contributed by atoms with Crippen molar-refractivity contribution in [1.82, 2.24) is 14.3 Å². The van der Waals surface area contributed by atoms with Crippen molar-refractivity contribution in [2.75, 3.05) is 38.2 Å². The maximum atomic E-state index is 12.9. The molecule has 0 unspecified atom stereocenters. The lowest BCUT2D eigenvalue weighted by Gasteiger charge is -2.36. The van der Waals surface area contributed by atoms with Crippen LogP contribution in [0.15, 0.2) is 65.6 Å². The molecule has 0 aliphatic carbocycles. The fourth-order valence-electron chi connectivity index (χ4n) is 3.87. The molecule has 0 amide bonds. The predicted octanol–water partition coefficient (Wildman–Crippen LogP) is 2.51. The molecule has 1 aliphatic rings. The minimum atomic E-state index is 0.0564. The van der Waals surface area contributed by atoms with Crippen LogP contribution >= 0.6 is 0 Å². The first-order valence-corrected chi connectivity index (χ1v) is 9.60. The molecule has 0 N–H and O–H groups in total. The minimum absolute atomic E-state index is 0.0564. The number of anilines is 1. The second-order valence-corrected chi connectivity index (χ2v) is 7.12. The number of hydrogen-bond acceptors (Lipinski definition) is 4. The lowest BCUT2D eigenvalue weighted by Crippen LogP contribution is -2.46. The van der Waals surface area contributed by atoms with Gasteiger partial charge in [-0.15, -0.1) is 0 Å². The van der Waals surface area contributed by atoms with Crippen molar-refractivity contribution in [3.63, 3.8) is 0 Å². The third-order valence-corrected chi connectivity index (χ3v) is 5.32. The van der Waals surface area contributed by atoms with Crippen LogP contribution in [0.25, 0.3) is 5.69 Å². The monoisotopic (exact) mass is 378 g/mol. The van der Waals surface area contributed by atoms with Crippen LogP contribution < -0.4 is 15.2 Å². The molecule has 1 saturated heterocycles. The van der Waals surface area contributed by atoms with E-state index in [2.05, 4.69) is 15.9 Å². The van der Waals surface area contributed by atoms with Gasteiger partial charge in [0.25, 0.3) is 5.56 Å². The van der Waals surface area contributed by atoms with Gasteiger partial charge in [0, 0.05) is 46.0 Å². The summed E-state index contributed by atoms with van der Waals surface area (Å²) in [5.41, 5.74) is 2.91. The van der Waals surface area contributed by atoms with Gasteiger partial charge in [-0.05, 0) is 24.3 Å². The average Bonchev–Trinajstić information content (AvgIpc) is 3.02. The van der Waals surface area contributed by atoms with Gasteiger partial charge in [0.2, 0.25) is 0 Å². The number of aromatic nitrogens is 2. The van der Waals surface area contributed by atoms with Gasteiger partial charge in [0.05, 0.1) is 24.0 Å². The fraction of sp³-hybridized carbons (Fsp3) is 0.318. The van der Waals surface area contributed by atoms with Gasteiger partial charge in [-0.25, -0.2) is 4.68 Å². The zero-order chi connectivity index (χ0) is 19.5. The Morgan fingerprint density at radius 2 is 1.61 bits per heavy atom. The molecule has 6 nitrogen and oxygen atoms in total. The molecule has 1 aliphatic heterocycles. The van der Waals surface area contributed by atoms with Crippen molar-refractivity contribution < 1.29 is 4.74 Å². The first-order chi connectivity index (χ1) is 13.7. The SMILES string of the molecule is COc1ccccc1N1CCN(Cc2cn(C)n(-c3ccccc3)c2=O)CC1. The van der Waals surface area contributed by atoms with Gasteiger partial charge in [-0.3, -0.25) is 14.4 Å². The van der Waals surface area contributed by atoms with E-state index in [9.17, 15) is 4.79 Å². The number of benzene rings is 2. The molecule has 0 saturated carbocycles. The third kappa shape index (κ3) is 3.55. The Bertz CT molecular complexity index is 985. The molecule has 28 heavy (non-hydrogen) atoms. The third-order valence-electron chi connectivity index (χ3n) is 5.32. The summed E-state index contributed by atoms with van der Waals surface area (Å²) in [5, 5.41) is 0. The van der Waals surface area contributed by atoms with Crippen LogP contribution in [0.2, 0.25) is 0 Å². The standard InChI is InChI=1S/C22H26N4O2/c1-23-16-18(22(27)26(23)19-8-4-3-5-9-19)17-24-12-14-25(15-13-24)20-10-6-7-11-21(20)28-2/h3-11,16H,12-15,17H2,1-2H3. The van der Waals surface area contributed by atoms with E-state index in [1.165, 1.54) is 0 Å². The highest BCUT2D eigenvalue weighted by molar-refractivity contribution is 5.58. The number of ether oxygens (including phenoxy) is 1. The lowest BCUT2D eigenvalue weighted by atomic mass is 10.2. The van der Waals surface area contributed by atoms with E-state index >= 15 is 0 Å². The molecule has 3 aromatic rings. The van der Waals surface area contributed by atoms with Crippen LogP contribution in [0, 0.1) is 0 Å². The summed E-state index contributed by atoms with van der Waals surface area (Å²) < 4.78 is 9.09. The molecule has 146 valence electrons. The topological polar surface area (TPSA) is 42.6 Å². The smallest absolute Gasteiger partial charge is 0.275 e. The number of para-hydroxylation sites is 3. The molecule has 2 aromatic carbocycles. The first-order valence-electron chi connectivity index (χ1n) is 9.60. The molecule has 2 heterocycles. The van der Waals surface area contributed by atoms with Gasteiger partial charge in [-0.2, -0.15) is 0 Å². The van der Waals surface area contributed by atoms with Gasteiger partial charge < -0.3 is 9.64 Å². The number of hydrogen-bond donors (Lipinski definition) is 0. The van der Waals surface area contributed by atoms with Crippen LogP contribution in [0.5, 0.6) is 5.75 Å². The minimum Gasteiger partial charge on any atom is -0.495 e. The number of rotatable bonds is 5. The molecule has 6 heteroatoms. The van der Waals surface area contributed by atoms with E-state index in [4.69, 9.17) is 4.74 Å². The van der Waals surface area contributed by atoms with Crippen LogP contribution in [0.1, 0.15) is 5.56 Å². The maximum Gasteiger partial charge on any atom is 0.275 e. The average molecular weight is 378 g/mol. The summed E-state index contributed by atoms with van der Waals surface area (Å²) >= 11 is 0. The molecular weight excluding hydrogens is 352 g/mol. The molecule has 0 radical (unpaired) electrons. The van der Waals surface area contributed by atoms with Crippen molar-refractivity contribution >= 4 is 5.69 Å². The molecule has 0 spiro atoms. The summed E-state index contributed by atoms with van der Waals surface area (Å²) in [6.07, 6.45) is 1.95. The van der Waals surface area contributed by atoms with Crippen LogP contribution in [0.3, 0.4) is 0 Å². The van der Waals surface area contributed by atoms with Crippen LogP contribution in [0.4, 0.5) is 5.69 Å². The Morgan fingerprint density at radius 3 is 2.32 bits per heavy atom. The Hall–Kier alpha value is -2.99. The van der Waals surface area contributed by atoms with Crippen molar-refractivity contribution in [2.45, 2.75) is 6.54 Å². The highest BCUT2D eigenvalue weighted by Crippen LogP contribution is 2.28. The van der Waals surface area contributed by atoms with Crippen LogP contribution in [-0.2, 0) is 13.6 Å². The van der Waals surface area contributed by atoms with E-state index in [1.54, 1.807) is 11.8 Å². The lowest BCUT2D eigenvalue weighted by molar-refractivity contribution is 0.248. The van der Waals surface area contributed by atoms with Crippen molar-refractivity contribution in [3.8, 4) is 11.4 Å². The summed E-state index contributed by atoms with van der Waals surface area (Å²) in [6, 6.07) is 17.9. The number of piperazine rings is 1. The molecule has 4 rings (SSSR count). The normalized spacial score (nSPS) is 15.0. The second kappa shape index (κ2) is 7.94. The highest BCUT2D eigenvalue weighted by atomic mass is 16.5. The molecular formula is C22H26N4O2. The Labute approximate surface area is 165 Å². The summed E-state index contributed by atoms with van der Waals surface area (Å²) in [5.74, 6) is 0.907. The largest absolute Gasteiger partial charge is 0.495 e. The Balaban J connectivity index is 1.45.